The van der Waals surface area contributed by atoms with Crippen molar-refractivity contribution in [2.75, 3.05) is 19.6 Å². The lowest BCUT2D eigenvalue weighted by atomic mass is 9.70. The van der Waals surface area contributed by atoms with Gasteiger partial charge in [0.2, 0.25) is 0 Å². The van der Waals surface area contributed by atoms with E-state index in [1.807, 2.05) is 0 Å². The van der Waals surface area contributed by atoms with E-state index < -0.39 is 0 Å². The summed E-state index contributed by atoms with van der Waals surface area (Å²) in [6.45, 7) is 11.3. The zero-order chi connectivity index (χ0) is 14.9. The Labute approximate surface area is 132 Å². The molecule has 0 spiro atoms. The average molecular weight is 293 g/mol. The van der Waals surface area contributed by atoms with Crippen molar-refractivity contribution in [2.45, 2.75) is 84.2 Å². The lowest BCUT2D eigenvalue weighted by Crippen LogP contribution is -2.46. The highest BCUT2D eigenvalue weighted by atomic mass is 15.2. The van der Waals surface area contributed by atoms with E-state index in [4.69, 9.17) is 0 Å². The molecule has 1 N–H and O–H groups in total. The molecule has 2 saturated heterocycles. The number of nitrogens with one attached hydrogen (secondary N) is 1. The molecule has 1 aliphatic carbocycles. The van der Waals surface area contributed by atoms with Crippen LogP contribution in [0, 0.1) is 17.3 Å². The molecular formula is C19H36N2. The standard InChI is InChI=1S/C19H36N2/c1-19(2,3)16-9-7-15(8-10-16)14-20-17-11-13-21-12-5-4-6-18(17)21/h15-18,20H,4-14H2,1-3H3. The highest BCUT2D eigenvalue weighted by Gasteiger charge is 2.36. The van der Waals surface area contributed by atoms with E-state index in [-0.39, 0.29) is 0 Å². The Balaban J connectivity index is 1.40. The predicted octanol–water partition coefficient (Wildman–Crippen LogP) is 4.06. The molecule has 2 nitrogen and oxygen atoms in total. The zero-order valence-corrected chi connectivity index (χ0v) is 14.5. The lowest BCUT2D eigenvalue weighted by molar-refractivity contribution is 0.142. The summed E-state index contributed by atoms with van der Waals surface area (Å²) in [4.78, 5) is 2.75. The highest BCUT2D eigenvalue weighted by molar-refractivity contribution is 4.94. The summed E-state index contributed by atoms with van der Waals surface area (Å²) in [5.74, 6) is 1.90. The average Bonchev–Trinajstić information content (AvgIpc) is 2.88. The molecular weight excluding hydrogens is 256 g/mol. The van der Waals surface area contributed by atoms with E-state index in [9.17, 15) is 0 Å². The topological polar surface area (TPSA) is 15.3 Å². The first-order chi connectivity index (χ1) is 10.0. The molecule has 2 heterocycles. The van der Waals surface area contributed by atoms with Crippen LogP contribution >= 0.6 is 0 Å². The first-order valence-corrected chi connectivity index (χ1v) is 9.51. The van der Waals surface area contributed by atoms with Gasteiger partial charge >= 0.3 is 0 Å². The number of hydrogen-bond acceptors (Lipinski definition) is 2. The molecule has 3 rings (SSSR count). The van der Waals surface area contributed by atoms with Crippen LogP contribution in [0.5, 0.6) is 0 Å². The Morgan fingerprint density at radius 2 is 1.67 bits per heavy atom. The van der Waals surface area contributed by atoms with E-state index in [1.54, 1.807) is 0 Å². The molecule has 3 aliphatic rings. The van der Waals surface area contributed by atoms with E-state index >= 15 is 0 Å². The third-order valence-electron chi connectivity index (χ3n) is 6.60. The summed E-state index contributed by atoms with van der Waals surface area (Å²) in [6.07, 6.45) is 11.5. The third-order valence-corrected chi connectivity index (χ3v) is 6.60. The number of nitrogens with zero attached hydrogens (tertiary/aromatic N) is 1. The molecule has 0 aromatic carbocycles. The fourth-order valence-electron chi connectivity index (χ4n) is 5.04. The van der Waals surface area contributed by atoms with Crippen LogP contribution in [-0.4, -0.2) is 36.6 Å². The van der Waals surface area contributed by atoms with Crippen molar-refractivity contribution in [3.8, 4) is 0 Å². The number of hydrogen-bond donors (Lipinski definition) is 1. The van der Waals surface area contributed by atoms with Crippen LogP contribution in [0.2, 0.25) is 0 Å². The molecule has 2 heteroatoms. The Bertz CT molecular complexity index is 325. The van der Waals surface area contributed by atoms with E-state index in [1.165, 1.54) is 71.0 Å². The van der Waals surface area contributed by atoms with Gasteiger partial charge in [-0.05, 0) is 75.3 Å². The second kappa shape index (κ2) is 6.58. The maximum absolute atomic E-state index is 3.96. The summed E-state index contributed by atoms with van der Waals surface area (Å²) in [6, 6.07) is 1.66. The molecule has 21 heavy (non-hydrogen) atoms. The smallest absolute Gasteiger partial charge is 0.0249 e. The number of fused-ring (bicyclic) bond motifs is 1. The molecule has 2 atom stereocenters. The van der Waals surface area contributed by atoms with Gasteiger partial charge in [0.15, 0.2) is 0 Å². The van der Waals surface area contributed by atoms with Crippen LogP contribution < -0.4 is 5.32 Å². The van der Waals surface area contributed by atoms with Gasteiger partial charge in [-0.25, -0.2) is 0 Å². The summed E-state index contributed by atoms with van der Waals surface area (Å²) in [5.41, 5.74) is 0.520. The molecule has 0 bridgehead atoms. The molecule has 0 radical (unpaired) electrons. The molecule has 1 saturated carbocycles. The van der Waals surface area contributed by atoms with Crippen LogP contribution in [-0.2, 0) is 0 Å². The molecule has 2 unspecified atom stereocenters. The van der Waals surface area contributed by atoms with Gasteiger partial charge in [-0.1, -0.05) is 27.2 Å². The highest BCUT2D eigenvalue weighted by Crippen LogP contribution is 2.39. The van der Waals surface area contributed by atoms with Gasteiger partial charge in [-0.15, -0.1) is 0 Å². The maximum atomic E-state index is 3.96. The van der Waals surface area contributed by atoms with Gasteiger partial charge in [0.05, 0.1) is 0 Å². The molecule has 3 fully saturated rings. The summed E-state index contributed by atoms with van der Waals surface area (Å²) in [7, 11) is 0. The minimum atomic E-state index is 0.520. The van der Waals surface area contributed by atoms with E-state index in [2.05, 4.69) is 31.0 Å². The zero-order valence-electron chi connectivity index (χ0n) is 14.5. The van der Waals surface area contributed by atoms with Gasteiger partial charge in [0, 0.05) is 18.6 Å². The van der Waals surface area contributed by atoms with E-state index in [0.29, 0.717) is 5.41 Å². The van der Waals surface area contributed by atoms with Crippen molar-refractivity contribution in [3.63, 3.8) is 0 Å². The quantitative estimate of drug-likeness (QED) is 0.844. The van der Waals surface area contributed by atoms with Crippen molar-refractivity contribution in [3.05, 3.63) is 0 Å². The van der Waals surface area contributed by atoms with Crippen molar-refractivity contribution < 1.29 is 0 Å². The molecule has 122 valence electrons. The summed E-state index contributed by atoms with van der Waals surface area (Å²) >= 11 is 0. The Kier molecular flexibility index (Phi) is 4.95. The molecule has 0 aromatic heterocycles. The fraction of sp³-hybridized carbons (Fsp3) is 1.00. The normalized spacial score (nSPS) is 38.4. The van der Waals surface area contributed by atoms with Crippen LogP contribution in [0.4, 0.5) is 0 Å². The molecule has 2 aliphatic heterocycles. The van der Waals surface area contributed by atoms with Gasteiger partial charge in [-0.2, -0.15) is 0 Å². The Hall–Kier alpha value is -0.0800. The minimum absolute atomic E-state index is 0.520. The minimum Gasteiger partial charge on any atom is -0.312 e. The second-order valence-corrected chi connectivity index (χ2v) is 8.99. The first-order valence-electron chi connectivity index (χ1n) is 9.51. The monoisotopic (exact) mass is 292 g/mol. The summed E-state index contributed by atoms with van der Waals surface area (Å²) < 4.78 is 0. The molecule has 0 aromatic rings. The van der Waals surface area contributed by atoms with Gasteiger partial charge in [-0.3, -0.25) is 4.90 Å². The molecule has 0 amide bonds. The lowest BCUT2D eigenvalue weighted by Gasteiger charge is -2.38. The fourth-order valence-corrected chi connectivity index (χ4v) is 5.04. The number of piperidine rings is 1. The first kappa shape index (κ1) is 15.8. The predicted molar refractivity (Wildman–Crippen MR) is 90.5 cm³/mol. The van der Waals surface area contributed by atoms with Crippen LogP contribution in [0.15, 0.2) is 0 Å². The largest absolute Gasteiger partial charge is 0.312 e. The number of rotatable bonds is 3. The van der Waals surface area contributed by atoms with Crippen LogP contribution in [0.1, 0.15) is 72.1 Å². The van der Waals surface area contributed by atoms with Gasteiger partial charge < -0.3 is 5.32 Å². The van der Waals surface area contributed by atoms with Crippen molar-refractivity contribution >= 4 is 0 Å². The second-order valence-electron chi connectivity index (χ2n) is 8.99. The summed E-state index contributed by atoms with van der Waals surface area (Å²) in [5, 5.41) is 3.96. The van der Waals surface area contributed by atoms with Gasteiger partial charge in [0.1, 0.15) is 0 Å². The van der Waals surface area contributed by atoms with Gasteiger partial charge in [0.25, 0.3) is 0 Å². The SMILES string of the molecule is CC(C)(C)C1CCC(CNC2CCN3CCCCC23)CC1. The van der Waals surface area contributed by atoms with Crippen LogP contribution in [0.25, 0.3) is 0 Å². The third kappa shape index (κ3) is 3.82. The Morgan fingerprint density at radius 1 is 0.905 bits per heavy atom. The van der Waals surface area contributed by atoms with Crippen molar-refractivity contribution in [2.24, 2.45) is 17.3 Å². The Morgan fingerprint density at radius 3 is 2.38 bits per heavy atom. The van der Waals surface area contributed by atoms with Crippen LogP contribution in [0.3, 0.4) is 0 Å². The maximum Gasteiger partial charge on any atom is 0.0249 e. The van der Waals surface area contributed by atoms with Crippen molar-refractivity contribution in [1.82, 2.24) is 10.2 Å². The van der Waals surface area contributed by atoms with Crippen molar-refractivity contribution in [1.29, 1.82) is 0 Å². The van der Waals surface area contributed by atoms with E-state index in [0.717, 1.165) is 23.9 Å².